The van der Waals surface area contributed by atoms with E-state index < -0.39 is 0 Å². The summed E-state index contributed by atoms with van der Waals surface area (Å²) in [6.07, 6.45) is 2.06. The Bertz CT molecular complexity index is 633. The summed E-state index contributed by atoms with van der Waals surface area (Å²) in [6, 6.07) is 14.7. The molecule has 1 aliphatic rings. The lowest BCUT2D eigenvalue weighted by molar-refractivity contribution is -0.0329. The molecule has 0 saturated carbocycles. The van der Waals surface area contributed by atoms with Crippen LogP contribution in [0.2, 0.25) is 0 Å². The third-order valence-electron chi connectivity index (χ3n) is 4.13. The third-order valence-corrected chi connectivity index (χ3v) is 4.87. The van der Waals surface area contributed by atoms with Crippen molar-refractivity contribution in [2.24, 2.45) is 0 Å². The number of thioether (sulfide) groups is 1. The predicted molar refractivity (Wildman–Crippen MR) is 95.3 cm³/mol. The normalized spacial score (nSPS) is 18.5. The average molecular weight is 347 g/mol. The highest BCUT2D eigenvalue weighted by atomic mass is 32.2. The summed E-state index contributed by atoms with van der Waals surface area (Å²) in [5.41, 5.74) is 1.02. The van der Waals surface area contributed by atoms with E-state index in [1.165, 1.54) is 17.0 Å². The highest BCUT2D eigenvalue weighted by Gasteiger charge is 2.21. The molecule has 0 aliphatic carbocycles. The highest BCUT2D eigenvalue weighted by Crippen LogP contribution is 2.23. The van der Waals surface area contributed by atoms with Crippen molar-refractivity contribution in [3.63, 3.8) is 0 Å². The molecule has 1 fully saturated rings. The molecule has 0 amide bonds. The lowest BCUT2D eigenvalue weighted by atomic mass is 10.1. The molecule has 1 aliphatic heterocycles. The summed E-state index contributed by atoms with van der Waals surface area (Å²) in [5.74, 6) is 0.684. The van der Waals surface area contributed by atoms with E-state index in [1.54, 1.807) is 23.9 Å². The molecule has 1 atom stereocenters. The van der Waals surface area contributed by atoms with Gasteiger partial charge in [0.05, 0.1) is 12.7 Å². The molecule has 1 saturated heterocycles. The number of morpholine rings is 1. The molecule has 1 heterocycles. The minimum absolute atomic E-state index is 0.000197. The van der Waals surface area contributed by atoms with Crippen LogP contribution in [0.25, 0.3) is 0 Å². The number of halogens is 1. The highest BCUT2D eigenvalue weighted by molar-refractivity contribution is 7.98. The van der Waals surface area contributed by atoms with Crippen LogP contribution in [-0.2, 0) is 4.74 Å². The second-order valence-electron chi connectivity index (χ2n) is 5.74. The van der Waals surface area contributed by atoms with Gasteiger partial charge in [0.25, 0.3) is 0 Å². The summed E-state index contributed by atoms with van der Waals surface area (Å²) in [7, 11) is 0. The molecule has 5 heteroatoms. The average Bonchev–Trinajstić information content (AvgIpc) is 2.63. The van der Waals surface area contributed by atoms with Gasteiger partial charge < -0.3 is 9.47 Å². The summed E-state index contributed by atoms with van der Waals surface area (Å²) >= 11 is 1.72. The Kier molecular flexibility index (Phi) is 6.12. The van der Waals surface area contributed by atoms with Crippen LogP contribution in [0.15, 0.2) is 53.4 Å². The Morgan fingerprint density at radius 1 is 1.17 bits per heavy atom. The van der Waals surface area contributed by atoms with Crippen LogP contribution in [0, 0.1) is 5.82 Å². The summed E-state index contributed by atoms with van der Waals surface area (Å²) in [5, 5.41) is 0. The van der Waals surface area contributed by atoms with Crippen LogP contribution in [0.5, 0.6) is 5.75 Å². The fraction of sp³-hybridized carbons (Fsp3) is 0.368. The van der Waals surface area contributed by atoms with Crippen molar-refractivity contribution in [3.05, 3.63) is 59.9 Å². The van der Waals surface area contributed by atoms with E-state index in [1.807, 2.05) is 12.1 Å². The van der Waals surface area contributed by atoms with Gasteiger partial charge >= 0.3 is 0 Å². The van der Waals surface area contributed by atoms with E-state index in [0.29, 0.717) is 13.2 Å². The first kappa shape index (κ1) is 17.3. The smallest absolute Gasteiger partial charge is 0.123 e. The molecule has 2 aromatic rings. The SMILES string of the molecule is CSc1ccc(OCCN2CCOC(c3ccc(F)cc3)C2)cc1. The lowest BCUT2D eigenvalue weighted by Gasteiger charge is -2.33. The molecule has 1 unspecified atom stereocenters. The maximum atomic E-state index is 13.0. The fourth-order valence-corrected chi connectivity index (χ4v) is 3.16. The molecule has 0 aromatic heterocycles. The first-order valence-corrected chi connectivity index (χ1v) is 9.33. The van der Waals surface area contributed by atoms with Crippen LogP contribution in [0.4, 0.5) is 4.39 Å². The molecule has 3 nitrogen and oxygen atoms in total. The van der Waals surface area contributed by atoms with Crippen molar-refractivity contribution in [1.82, 2.24) is 4.90 Å². The molecule has 0 radical (unpaired) electrons. The van der Waals surface area contributed by atoms with Gasteiger partial charge in [-0.2, -0.15) is 0 Å². The van der Waals surface area contributed by atoms with E-state index in [9.17, 15) is 4.39 Å². The number of hydrogen-bond acceptors (Lipinski definition) is 4. The topological polar surface area (TPSA) is 21.7 Å². The first-order chi connectivity index (χ1) is 11.7. The Hall–Kier alpha value is -1.56. The number of nitrogens with zero attached hydrogens (tertiary/aromatic N) is 1. The second kappa shape index (κ2) is 8.51. The monoisotopic (exact) mass is 347 g/mol. The van der Waals surface area contributed by atoms with Gasteiger partial charge in [0.1, 0.15) is 18.2 Å². The van der Waals surface area contributed by atoms with Crippen molar-refractivity contribution < 1.29 is 13.9 Å². The predicted octanol–water partition coefficient (Wildman–Crippen LogP) is 4.00. The van der Waals surface area contributed by atoms with Crippen molar-refractivity contribution >= 4 is 11.8 Å². The van der Waals surface area contributed by atoms with E-state index in [0.717, 1.165) is 30.9 Å². The minimum Gasteiger partial charge on any atom is -0.492 e. The van der Waals surface area contributed by atoms with E-state index in [4.69, 9.17) is 9.47 Å². The zero-order valence-corrected chi connectivity index (χ0v) is 14.6. The lowest BCUT2D eigenvalue weighted by Crippen LogP contribution is -2.40. The van der Waals surface area contributed by atoms with Crippen molar-refractivity contribution in [3.8, 4) is 5.75 Å². The molecular weight excluding hydrogens is 325 g/mol. The summed E-state index contributed by atoms with van der Waals surface area (Å²) < 4.78 is 24.7. The summed E-state index contributed by atoms with van der Waals surface area (Å²) in [6.45, 7) is 3.89. The van der Waals surface area contributed by atoms with E-state index in [2.05, 4.69) is 23.3 Å². The maximum absolute atomic E-state index is 13.0. The van der Waals surface area contributed by atoms with Crippen LogP contribution in [0.1, 0.15) is 11.7 Å². The van der Waals surface area contributed by atoms with E-state index >= 15 is 0 Å². The van der Waals surface area contributed by atoms with Gasteiger partial charge in [-0.05, 0) is 48.2 Å². The number of hydrogen-bond donors (Lipinski definition) is 0. The minimum atomic E-state index is -0.215. The summed E-state index contributed by atoms with van der Waals surface area (Å²) in [4.78, 5) is 3.56. The third kappa shape index (κ3) is 4.72. The standard InChI is InChI=1S/C19H22FNO2S/c1-24-18-8-6-17(7-9-18)22-12-10-21-11-13-23-19(14-21)15-2-4-16(20)5-3-15/h2-9,19H,10-14H2,1H3. The van der Waals surface area contributed by atoms with Gasteiger partial charge in [-0.3, -0.25) is 4.90 Å². The zero-order chi connectivity index (χ0) is 16.8. The van der Waals surface area contributed by atoms with Gasteiger partial charge in [0, 0.05) is 24.5 Å². The number of benzene rings is 2. The molecular formula is C19H22FNO2S. The van der Waals surface area contributed by atoms with E-state index in [-0.39, 0.29) is 11.9 Å². The first-order valence-electron chi connectivity index (χ1n) is 8.11. The van der Waals surface area contributed by atoms with Crippen LogP contribution < -0.4 is 4.74 Å². The molecule has 0 N–H and O–H groups in total. The Morgan fingerprint density at radius 3 is 2.62 bits per heavy atom. The van der Waals surface area contributed by atoms with Crippen LogP contribution in [0.3, 0.4) is 0 Å². The molecule has 0 bridgehead atoms. The van der Waals surface area contributed by atoms with Crippen molar-refractivity contribution in [1.29, 1.82) is 0 Å². The van der Waals surface area contributed by atoms with Crippen molar-refractivity contribution in [2.45, 2.75) is 11.0 Å². The van der Waals surface area contributed by atoms with Gasteiger partial charge in [-0.1, -0.05) is 12.1 Å². The molecule has 0 spiro atoms. The Labute approximate surface area is 146 Å². The Morgan fingerprint density at radius 2 is 1.92 bits per heavy atom. The fourth-order valence-electron chi connectivity index (χ4n) is 2.75. The van der Waals surface area contributed by atoms with Crippen molar-refractivity contribution in [2.75, 3.05) is 39.1 Å². The number of rotatable bonds is 6. The van der Waals surface area contributed by atoms with Crippen LogP contribution >= 0.6 is 11.8 Å². The quantitative estimate of drug-likeness (QED) is 0.736. The molecule has 3 rings (SSSR count). The van der Waals surface area contributed by atoms with Gasteiger partial charge in [-0.15, -0.1) is 11.8 Å². The zero-order valence-electron chi connectivity index (χ0n) is 13.8. The second-order valence-corrected chi connectivity index (χ2v) is 6.62. The van der Waals surface area contributed by atoms with Gasteiger partial charge in [0.2, 0.25) is 0 Å². The molecule has 24 heavy (non-hydrogen) atoms. The Balaban J connectivity index is 1.47. The molecule has 128 valence electrons. The van der Waals surface area contributed by atoms with Crippen LogP contribution in [-0.4, -0.2) is 44.0 Å². The van der Waals surface area contributed by atoms with Gasteiger partial charge in [-0.25, -0.2) is 4.39 Å². The van der Waals surface area contributed by atoms with Gasteiger partial charge in [0.15, 0.2) is 0 Å². The molecule has 2 aromatic carbocycles. The maximum Gasteiger partial charge on any atom is 0.123 e. The largest absolute Gasteiger partial charge is 0.492 e. The number of ether oxygens (including phenoxy) is 2.